The molecule has 0 aliphatic heterocycles. The lowest BCUT2D eigenvalue weighted by atomic mass is 10.2. The van der Waals surface area contributed by atoms with E-state index in [9.17, 15) is 31.2 Å². The van der Waals surface area contributed by atoms with Gasteiger partial charge in [-0.2, -0.15) is 17.9 Å². The van der Waals surface area contributed by atoms with Gasteiger partial charge in [-0.15, -0.1) is 11.3 Å². The molecule has 3 aromatic rings. The molecule has 0 amide bonds. The summed E-state index contributed by atoms with van der Waals surface area (Å²) in [5.74, 6) is -1.01. The zero-order chi connectivity index (χ0) is 23.0. The molecule has 0 spiro atoms. The number of hydrogen-bond acceptors (Lipinski definition) is 7. The van der Waals surface area contributed by atoms with Crippen molar-refractivity contribution in [2.75, 3.05) is 0 Å². The number of thiazole rings is 1. The van der Waals surface area contributed by atoms with Crippen LogP contribution < -0.4 is 10.3 Å². The third-order valence-corrected chi connectivity index (χ3v) is 6.58. The molecule has 0 saturated heterocycles. The van der Waals surface area contributed by atoms with Crippen molar-refractivity contribution in [3.8, 4) is 0 Å². The van der Waals surface area contributed by atoms with Crippen molar-refractivity contribution < 1.29 is 31.1 Å². The van der Waals surface area contributed by atoms with E-state index in [1.165, 1.54) is 21.9 Å². The van der Waals surface area contributed by atoms with Crippen LogP contribution >= 0.6 is 22.9 Å². The Bertz CT molecular complexity index is 1300. The van der Waals surface area contributed by atoms with Gasteiger partial charge >= 0.3 is 12.1 Å². The first-order valence-electron chi connectivity index (χ1n) is 8.40. The second-order valence-corrected chi connectivity index (χ2v) is 9.23. The standard InChI is InChI=1S/C17H13ClF3N3O5S2/c1-9(15(26)29-8-10-6-14(25)24-4-5-30-16(24)22-10)23-31(27,28)11-2-3-13(18)12(7-11)17(19,20)21/h2-7,9,23H,8H2,1H3/t9-/m0/s1. The number of nitrogens with one attached hydrogen (secondary N) is 1. The Balaban J connectivity index is 1.70. The summed E-state index contributed by atoms with van der Waals surface area (Å²) < 4.78 is 71.9. The molecule has 0 radical (unpaired) electrons. The number of esters is 1. The molecule has 2 aromatic heterocycles. The van der Waals surface area contributed by atoms with E-state index in [0.29, 0.717) is 11.0 Å². The van der Waals surface area contributed by atoms with Crippen LogP contribution in [0.2, 0.25) is 5.02 Å². The molecule has 0 unspecified atom stereocenters. The van der Waals surface area contributed by atoms with Gasteiger partial charge in [0.15, 0.2) is 4.96 Å². The Kier molecular flexibility index (Phi) is 6.41. The lowest BCUT2D eigenvalue weighted by Gasteiger charge is -2.15. The van der Waals surface area contributed by atoms with E-state index < -0.39 is 50.3 Å². The minimum Gasteiger partial charge on any atom is -0.458 e. The van der Waals surface area contributed by atoms with Crippen LogP contribution in [0, 0.1) is 0 Å². The molecule has 31 heavy (non-hydrogen) atoms. The van der Waals surface area contributed by atoms with Crippen molar-refractivity contribution in [1.29, 1.82) is 0 Å². The van der Waals surface area contributed by atoms with Crippen LogP contribution in [0.25, 0.3) is 4.96 Å². The molecule has 14 heteroatoms. The number of aromatic nitrogens is 2. The monoisotopic (exact) mass is 495 g/mol. The fraction of sp³-hybridized carbons (Fsp3) is 0.235. The van der Waals surface area contributed by atoms with Crippen LogP contribution in [0.3, 0.4) is 0 Å². The van der Waals surface area contributed by atoms with Gasteiger partial charge in [-0.1, -0.05) is 11.6 Å². The predicted octanol–water partition coefficient (Wildman–Crippen LogP) is 2.84. The Morgan fingerprint density at radius 2 is 2.06 bits per heavy atom. The van der Waals surface area contributed by atoms with Crippen molar-refractivity contribution in [2.45, 2.75) is 30.6 Å². The Hall–Kier alpha value is -2.48. The fourth-order valence-corrected chi connectivity index (χ4v) is 4.65. The van der Waals surface area contributed by atoms with Gasteiger partial charge in [-0.05, 0) is 25.1 Å². The first kappa shape index (κ1) is 23.2. The van der Waals surface area contributed by atoms with Crippen LogP contribution in [0.4, 0.5) is 13.2 Å². The molecule has 0 aliphatic rings. The normalized spacial score (nSPS) is 13.3. The Morgan fingerprint density at radius 1 is 1.35 bits per heavy atom. The molecule has 1 aromatic carbocycles. The molecular formula is C17H13ClF3N3O5S2. The molecule has 166 valence electrons. The number of alkyl halides is 3. The lowest BCUT2D eigenvalue weighted by molar-refractivity contribution is -0.146. The maximum Gasteiger partial charge on any atom is 0.417 e. The highest BCUT2D eigenvalue weighted by Crippen LogP contribution is 2.35. The number of fused-ring (bicyclic) bond motifs is 1. The Labute approximate surface area is 182 Å². The second kappa shape index (κ2) is 8.57. The molecule has 1 atom stereocenters. The van der Waals surface area contributed by atoms with Crippen molar-refractivity contribution in [3.05, 3.63) is 62.5 Å². The van der Waals surface area contributed by atoms with Gasteiger partial charge in [0.1, 0.15) is 12.6 Å². The maximum atomic E-state index is 13.0. The van der Waals surface area contributed by atoms with Gasteiger partial charge in [0, 0.05) is 17.6 Å². The molecular weight excluding hydrogens is 483 g/mol. The molecule has 0 aliphatic carbocycles. The average molecular weight is 496 g/mol. The summed E-state index contributed by atoms with van der Waals surface area (Å²) in [6, 6.07) is 1.78. The molecule has 1 N–H and O–H groups in total. The quantitative estimate of drug-likeness (QED) is 0.527. The largest absolute Gasteiger partial charge is 0.458 e. The van der Waals surface area contributed by atoms with E-state index in [2.05, 4.69) is 4.98 Å². The molecule has 2 heterocycles. The SMILES string of the molecule is C[C@H](NS(=O)(=O)c1ccc(Cl)c(C(F)(F)F)c1)C(=O)OCc1cc(=O)n2ccsc2n1. The highest BCUT2D eigenvalue weighted by atomic mass is 35.5. The van der Waals surface area contributed by atoms with Gasteiger partial charge in [0.2, 0.25) is 10.0 Å². The molecule has 0 fully saturated rings. The van der Waals surface area contributed by atoms with E-state index >= 15 is 0 Å². The summed E-state index contributed by atoms with van der Waals surface area (Å²) in [6.45, 7) is 0.763. The third kappa shape index (κ3) is 5.23. The summed E-state index contributed by atoms with van der Waals surface area (Å²) in [7, 11) is -4.49. The van der Waals surface area contributed by atoms with Gasteiger partial charge in [-0.25, -0.2) is 13.4 Å². The average Bonchev–Trinajstić information content (AvgIpc) is 3.14. The number of rotatable bonds is 6. The predicted molar refractivity (Wildman–Crippen MR) is 105 cm³/mol. The minimum absolute atomic E-state index is 0.156. The van der Waals surface area contributed by atoms with Gasteiger partial charge < -0.3 is 4.74 Å². The van der Waals surface area contributed by atoms with Crippen molar-refractivity contribution in [2.24, 2.45) is 0 Å². The Morgan fingerprint density at radius 3 is 2.74 bits per heavy atom. The van der Waals surface area contributed by atoms with Gasteiger partial charge in [0.25, 0.3) is 5.56 Å². The van der Waals surface area contributed by atoms with Crippen LogP contribution in [0.15, 0.2) is 45.5 Å². The molecule has 0 saturated carbocycles. The number of ether oxygens (including phenoxy) is 1. The number of benzene rings is 1. The first-order valence-corrected chi connectivity index (χ1v) is 11.1. The lowest BCUT2D eigenvalue weighted by Crippen LogP contribution is -2.39. The van der Waals surface area contributed by atoms with Gasteiger partial charge in [-0.3, -0.25) is 14.0 Å². The highest BCUT2D eigenvalue weighted by Gasteiger charge is 2.35. The van der Waals surface area contributed by atoms with E-state index in [4.69, 9.17) is 16.3 Å². The summed E-state index contributed by atoms with van der Waals surface area (Å²) in [4.78, 5) is 27.9. The number of sulfonamides is 1. The van der Waals surface area contributed by atoms with E-state index in [0.717, 1.165) is 25.1 Å². The molecule has 0 bridgehead atoms. The van der Waals surface area contributed by atoms with E-state index in [1.807, 2.05) is 4.72 Å². The summed E-state index contributed by atoms with van der Waals surface area (Å²) in [6.07, 6.45) is -3.33. The summed E-state index contributed by atoms with van der Waals surface area (Å²) in [5.41, 5.74) is -1.55. The first-order chi connectivity index (χ1) is 14.4. The van der Waals surface area contributed by atoms with Gasteiger partial charge in [0.05, 0.1) is 21.2 Å². The van der Waals surface area contributed by atoms with Crippen molar-refractivity contribution in [3.63, 3.8) is 0 Å². The van der Waals surface area contributed by atoms with Crippen LogP contribution in [-0.2, 0) is 32.3 Å². The molecule has 3 rings (SSSR count). The van der Waals surface area contributed by atoms with Crippen molar-refractivity contribution >= 4 is 43.9 Å². The number of carbonyl (C=O) groups is 1. The smallest absolute Gasteiger partial charge is 0.417 e. The number of hydrogen-bond donors (Lipinski definition) is 1. The number of nitrogens with zero attached hydrogens (tertiary/aromatic N) is 2. The second-order valence-electron chi connectivity index (χ2n) is 6.23. The summed E-state index contributed by atoms with van der Waals surface area (Å²) >= 11 is 6.68. The highest BCUT2D eigenvalue weighted by molar-refractivity contribution is 7.89. The summed E-state index contributed by atoms with van der Waals surface area (Å²) in [5, 5.41) is 0.988. The van der Waals surface area contributed by atoms with Crippen LogP contribution in [0.5, 0.6) is 0 Å². The minimum atomic E-state index is -4.86. The number of halogens is 4. The van der Waals surface area contributed by atoms with Crippen molar-refractivity contribution in [1.82, 2.24) is 14.1 Å². The van der Waals surface area contributed by atoms with Crippen LogP contribution in [0.1, 0.15) is 18.2 Å². The van der Waals surface area contributed by atoms with Crippen LogP contribution in [-0.4, -0.2) is 29.8 Å². The number of carbonyl (C=O) groups excluding carboxylic acids is 1. The van der Waals surface area contributed by atoms with E-state index in [-0.39, 0.29) is 11.3 Å². The zero-order valence-corrected chi connectivity index (χ0v) is 17.9. The molecule has 8 nitrogen and oxygen atoms in total. The zero-order valence-electron chi connectivity index (χ0n) is 15.5. The fourth-order valence-electron chi connectivity index (χ4n) is 2.47. The topological polar surface area (TPSA) is 107 Å². The maximum absolute atomic E-state index is 13.0. The third-order valence-electron chi connectivity index (χ3n) is 3.96. The van der Waals surface area contributed by atoms with E-state index in [1.54, 1.807) is 5.38 Å².